The highest BCUT2D eigenvalue weighted by atomic mass is 15.1. The Morgan fingerprint density at radius 1 is 1.29 bits per heavy atom. The Morgan fingerprint density at radius 2 is 2.12 bits per heavy atom. The van der Waals surface area contributed by atoms with E-state index < -0.39 is 0 Å². The van der Waals surface area contributed by atoms with Gasteiger partial charge in [0.1, 0.15) is 5.82 Å². The van der Waals surface area contributed by atoms with Crippen molar-refractivity contribution in [1.29, 1.82) is 0 Å². The Labute approximate surface area is 101 Å². The third-order valence-corrected chi connectivity index (χ3v) is 3.48. The molecule has 0 saturated carbocycles. The van der Waals surface area contributed by atoms with Gasteiger partial charge < -0.3 is 15.0 Å². The highest BCUT2D eigenvalue weighted by Gasteiger charge is 2.12. The fourth-order valence-corrected chi connectivity index (χ4v) is 2.52. The lowest BCUT2D eigenvalue weighted by atomic mass is 10.3. The molecule has 1 fully saturated rings. The predicted octanol–water partition coefficient (Wildman–Crippen LogP) is 1.55. The molecule has 0 aromatic carbocycles. The molecule has 0 bridgehead atoms. The molecule has 1 aliphatic rings. The Balaban J connectivity index is 1.76. The summed E-state index contributed by atoms with van der Waals surface area (Å²) in [7, 11) is 0. The second-order valence-corrected chi connectivity index (χ2v) is 4.73. The lowest BCUT2D eigenvalue weighted by Gasteiger charge is -2.13. The van der Waals surface area contributed by atoms with Gasteiger partial charge in [-0.25, -0.2) is 4.98 Å². The van der Waals surface area contributed by atoms with E-state index in [0.29, 0.717) is 0 Å². The third-order valence-electron chi connectivity index (χ3n) is 3.48. The highest BCUT2D eigenvalue weighted by Crippen LogP contribution is 2.13. The van der Waals surface area contributed by atoms with Crippen molar-refractivity contribution in [3.05, 3.63) is 30.4 Å². The third kappa shape index (κ3) is 2.13. The Morgan fingerprint density at radius 3 is 2.94 bits per heavy atom. The van der Waals surface area contributed by atoms with Crippen LogP contribution < -0.4 is 5.73 Å². The molecule has 0 atom stereocenters. The van der Waals surface area contributed by atoms with Gasteiger partial charge in [-0.1, -0.05) is 0 Å². The summed E-state index contributed by atoms with van der Waals surface area (Å²) < 4.78 is 2.13. The van der Waals surface area contributed by atoms with Crippen molar-refractivity contribution in [1.82, 2.24) is 14.3 Å². The number of rotatable bonds is 3. The van der Waals surface area contributed by atoms with Gasteiger partial charge in [0.05, 0.1) is 11.7 Å². The normalized spacial score (nSPS) is 16.9. The van der Waals surface area contributed by atoms with Crippen molar-refractivity contribution < 1.29 is 0 Å². The molecule has 4 nitrogen and oxygen atoms in total. The minimum absolute atomic E-state index is 0.795. The molecule has 4 heteroatoms. The maximum absolute atomic E-state index is 5.76. The van der Waals surface area contributed by atoms with Gasteiger partial charge in [0, 0.05) is 24.8 Å². The molecule has 3 heterocycles. The van der Waals surface area contributed by atoms with E-state index in [9.17, 15) is 0 Å². The number of anilines is 1. The molecule has 1 aliphatic heterocycles. The first-order chi connectivity index (χ1) is 8.33. The van der Waals surface area contributed by atoms with Crippen LogP contribution in [-0.2, 0) is 6.42 Å². The average molecular weight is 230 g/mol. The van der Waals surface area contributed by atoms with Crippen LogP contribution in [0.2, 0.25) is 0 Å². The van der Waals surface area contributed by atoms with Crippen molar-refractivity contribution >= 4 is 11.2 Å². The van der Waals surface area contributed by atoms with Crippen molar-refractivity contribution in [2.45, 2.75) is 19.3 Å². The minimum Gasteiger partial charge on any atom is -0.399 e. The number of likely N-dealkylation sites (tertiary alicyclic amines) is 1. The van der Waals surface area contributed by atoms with Gasteiger partial charge in [0.2, 0.25) is 0 Å². The van der Waals surface area contributed by atoms with Gasteiger partial charge >= 0.3 is 0 Å². The zero-order chi connectivity index (χ0) is 11.7. The first-order valence-corrected chi connectivity index (χ1v) is 6.27. The van der Waals surface area contributed by atoms with E-state index in [1.165, 1.54) is 25.9 Å². The topological polar surface area (TPSA) is 46.6 Å². The van der Waals surface area contributed by atoms with E-state index in [1.54, 1.807) is 0 Å². The fourth-order valence-electron chi connectivity index (χ4n) is 2.52. The molecule has 0 unspecified atom stereocenters. The van der Waals surface area contributed by atoms with Gasteiger partial charge in [-0.05, 0) is 38.1 Å². The molecule has 17 heavy (non-hydrogen) atoms. The maximum Gasteiger partial charge on any atom is 0.114 e. The Kier molecular flexibility index (Phi) is 2.73. The monoisotopic (exact) mass is 230 g/mol. The van der Waals surface area contributed by atoms with Gasteiger partial charge in [0.25, 0.3) is 0 Å². The van der Waals surface area contributed by atoms with E-state index in [-0.39, 0.29) is 0 Å². The molecule has 0 amide bonds. The van der Waals surface area contributed by atoms with Crippen molar-refractivity contribution in [2.24, 2.45) is 0 Å². The molecule has 90 valence electrons. The zero-order valence-electron chi connectivity index (χ0n) is 9.97. The molecule has 2 aromatic heterocycles. The summed E-state index contributed by atoms with van der Waals surface area (Å²) in [5.74, 6) is 1.13. The van der Waals surface area contributed by atoms with Crippen LogP contribution in [0.1, 0.15) is 18.7 Å². The molecule has 2 N–H and O–H groups in total. The van der Waals surface area contributed by atoms with Crippen LogP contribution >= 0.6 is 0 Å². The average Bonchev–Trinajstić information content (AvgIpc) is 2.94. The van der Waals surface area contributed by atoms with Gasteiger partial charge in [-0.2, -0.15) is 0 Å². The number of aromatic nitrogens is 2. The van der Waals surface area contributed by atoms with Crippen molar-refractivity contribution in [3.8, 4) is 0 Å². The summed E-state index contributed by atoms with van der Waals surface area (Å²) >= 11 is 0. The van der Waals surface area contributed by atoms with E-state index in [0.717, 1.165) is 30.0 Å². The number of nitrogen functional groups attached to an aromatic ring is 1. The first kappa shape index (κ1) is 10.6. The summed E-state index contributed by atoms with van der Waals surface area (Å²) in [6, 6.07) is 3.89. The van der Waals surface area contributed by atoms with Crippen LogP contribution in [-0.4, -0.2) is 33.9 Å². The fraction of sp³-hybridized carbons (Fsp3) is 0.462. The summed E-state index contributed by atoms with van der Waals surface area (Å²) in [5.41, 5.74) is 7.64. The maximum atomic E-state index is 5.76. The number of nitrogens with zero attached hydrogens (tertiary/aromatic N) is 3. The lowest BCUT2D eigenvalue weighted by molar-refractivity contribution is 0.340. The second kappa shape index (κ2) is 4.37. The standard InChI is InChI=1S/C13H18N4/c14-11-3-8-17-12(9-11)10-15-13(17)4-7-16-5-1-2-6-16/h3,8-10H,1-2,4-7,14H2. The van der Waals surface area contributed by atoms with E-state index in [4.69, 9.17) is 5.73 Å². The van der Waals surface area contributed by atoms with E-state index >= 15 is 0 Å². The van der Waals surface area contributed by atoms with Crippen LogP contribution in [0, 0.1) is 0 Å². The molecule has 3 rings (SSSR count). The molecular formula is C13H18N4. The SMILES string of the molecule is Nc1ccn2c(CCN3CCCC3)ncc2c1. The van der Waals surface area contributed by atoms with Crippen LogP contribution in [0.4, 0.5) is 5.69 Å². The molecular weight excluding hydrogens is 212 g/mol. The highest BCUT2D eigenvalue weighted by molar-refractivity contribution is 5.55. The van der Waals surface area contributed by atoms with Crippen LogP contribution in [0.25, 0.3) is 5.52 Å². The summed E-state index contributed by atoms with van der Waals surface area (Å²) in [6.07, 6.45) is 7.61. The van der Waals surface area contributed by atoms with Gasteiger partial charge in [-0.15, -0.1) is 0 Å². The summed E-state index contributed by atoms with van der Waals surface area (Å²) in [4.78, 5) is 6.99. The van der Waals surface area contributed by atoms with E-state index in [1.807, 2.05) is 24.5 Å². The summed E-state index contributed by atoms with van der Waals surface area (Å²) in [5, 5.41) is 0. The van der Waals surface area contributed by atoms with Crippen molar-refractivity contribution in [2.75, 3.05) is 25.4 Å². The molecule has 2 aromatic rings. The van der Waals surface area contributed by atoms with E-state index in [2.05, 4.69) is 14.3 Å². The Bertz CT molecular complexity index is 511. The molecule has 0 radical (unpaired) electrons. The second-order valence-electron chi connectivity index (χ2n) is 4.73. The predicted molar refractivity (Wildman–Crippen MR) is 69.0 cm³/mol. The number of hydrogen-bond acceptors (Lipinski definition) is 3. The lowest BCUT2D eigenvalue weighted by Crippen LogP contribution is -2.22. The Hall–Kier alpha value is -1.55. The van der Waals surface area contributed by atoms with Crippen molar-refractivity contribution in [3.63, 3.8) is 0 Å². The first-order valence-electron chi connectivity index (χ1n) is 6.27. The quantitative estimate of drug-likeness (QED) is 0.870. The van der Waals surface area contributed by atoms with Gasteiger partial charge in [0.15, 0.2) is 0 Å². The number of hydrogen-bond donors (Lipinski definition) is 1. The number of imidazole rings is 1. The van der Waals surface area contributed by atoms with Crippen LogP contribution in [0.5, 0.6) is 0 Å². The number of pyridine rings is 1. The largest absolute Gasteiger partial charge is 0.399 e. The van der Waals surface area contributed by atoms with Crippen LogP contribution in [0.15, 0.2) is 24.5 Å². The minimum atomic E-state index is 0.795. The number of fused-ring (bicyclic) bond motifs is 1. The summed E-state index contributed by atoms with van der Waals surface area (Å²) in [6.45, 7) is 3.61. The molecule has 0 aliphatic carbocycles. The van der Waals surface area contributed by atoms with Gasteiger partial charge in [-0.3, -0.25) is 0 Å². The van der Waals surface area contributed by atoms with Crippen LogP contribution in [0.3, 0.4) is 0 Å². The number of nitrogens with two attached hydrogens (primary N) is 1. The zero-order valence-corrected chi connectivity index (χ0v) is 9.97. The smallest absolute Gasteiger partial charge is 0.114 e. The molecule has 0 spiro atoms. The molecule has 1 saturated heterocycles.